The summed E-state index contributed by atoms with van der Waals surface area (Å²) in [6.07, 6.45) is -0.338. The highest BCUT2D eigenvalue weighted by atomic mass is 16.6. The number of hydrogen-bond donors (Lipinski definition) is 1. The quantitative estimate of drug-likeness (QED) is 0.849. The van der Waals surface area contributed by atoms with Crippen LogP contribution in [0.2, 0.25) is 0 Å². The predicted molar refractivity (Wildman–Crippen MR) is 69.0 cm³/mol. The van der Waals surface area contributed by atoms with E-state index < -0.39 is 23.2 Å². The molecule has 0 aromatic rings. The van der Waals surface area contributed by atoms with E-state index in [1.807, 2.05) is 0 Å². The van der Waals surface area contributed by atoms with Gasteiger partial charge in [-0.1, -0.05) is 0 Å². The molecule has 1 amide bonds. The van der Waals surface area contributed by atoms with Crippen LogP contribution in [0.25, 0.3) is 0 Å². The van der Waals surface area contributed by atoms with Gasteiger partial charge in [0.1, 0.15) is 5.60 Å². The number of amides is 1. The standard InChI is InChI=1S/C13H23NO5/c1-9(2)14(11(17)19-12(3,4)5)13(10(15)16)6-7-18-8-13/h9H,6-8H2,1-5H3,(H,15,16). The minimum absolute atomic E-state index is 0.000242. The van der Waals surface area contributed by atoms with Crippen LogP contribution in [0.3, 0.4) is 0 Å². The van der Waals surface area contributed by atoms with Crippen molar-refractivity contribution >= 4 is 12.1 Å². The van der Waals surface area contributed by atoms with E-state index in [2.05, 4.69) is 0 Å². The van der Waals surface area contributed by atoms with E-state index in [1.165, 1.54) is 4.90 Å². The Morgan fingerprint density at radius 1 is 1.37 bits per heavy atom. The molecule has 1 aliphatic heterocycles. The van der Waals surface area contributed by atoms with E-state index in [4.69, 9.17) is 9.47 Å². The third kappa shape index (κ3) is 3.37. The number of carboxylic acid groups (broad SMARTS) is 1. The average molecular weight is 273 g/mol. The van der Waals surface area contributed by atoms with Crippen molar-refractivity contribution in [3.05, 3.63) is 0 Å². The summed E-state index contributed by atoms with van der Waals surface area (Å²) >= 11 is 0. The van der Waals surface area contributed by atoms with Crippen LogP contribution in [-0.4, -0.2) is 52.5 Å². The van der Waals surface area contributed by atoms with Crippen LogP contribution in [0.5, 0.6) is 0 Å². The summed E-state index contributed by atoms with van der Waals surface area (Å²) in [4.78, 5) is 25.2. The molecule has 1 heterocycles. The van der Waals surface area contributed by atoms with E-state index in [0.29, 0.717) is 6.61 Å². The van der Waals surface area contributed by atoms with Crippen molar-refractivity contribution in [2.24, 2.45) is 0 Å². The second kappa shape index (κ2) is 5.36. The Kier molecular flexibility index (Phi) is 4.45. The number of hydrogen-bond acceptors (Lipinski definition) is 4. The normalized spacial score (nSPS) is 23.5. The highest BCUT2D eigenvalue weighted by molar-refractivity contribution is 5.85. The molecule has 0 aromatic carbocycles. The third-order valence-corrected chi connectivity index (χ3v) is 2.97. The molecule has 1 N–H and O–H groups in total. The molecule has 0 bridgehead atoms. The summed E-state index contributed by atoms with van der Waals surface area (Å²) < 4.78 is 10.5. The number of carbonyl (C=O) groups excluding carboxylic acids is 1. The van der Waals surface area contributed by atoms with Crippen molar-refractivity contribution in [1.82, 2.24) is 4.90 Å². The lowest BCUT2D eigenvalue weighted by Crippen LogP contribution is -2.61. The van der Waals surface area contributed by atoms with Gasteiger partial charge in [0, 0.05) is 19.1 Å². The molecule has 1 unspecified atom stereocenters. The van der Waals surface area contributed by atoms with Crippen LogP contribution >= 0.6 is 0 Å². The third-order valence-electron chi connectivity index (χ3n) is 2.97. The fourth-order valence-corrected chi connectivity index (χ4v) is 2.21. The van der Waals surface area contributed by atoms with Gasteiger partial charge in [-0.25, -0.2) is 9.59 Å². The van der Waals surface area contributed by atoms with Gasteiger partial charge in [0.25, 0.3) is 0 Å². The largest absolute Gasteiger partial charge is 0.479 e. The van der Waals surface area contributed by atoms with Gasteiger partial charge in [-0.15, -0.1) is 0 Å². The first-order valence-electron chi connectivity index (χ1n) is 6.43. The fraction of sp³-hybridized carbons (Fsp3) is 0.846. The molecule has 1 rings (SSSR count). The molecule has 0 spiro atoms. The summed E-state index contributed by atoms with van der Waals surface area (Å²) in [5, 5.41) is 9.50. The Balaban J connectivity index is 3.05. The first kappa shape index (κ1) is 15.8. The minimum atomic E-state index is -1.32. The lowest BCUT2D eigenvalue weighted by atomic mass is 9.95. The number of rotatable bonds is 3. The van der Waals surface area contributed by atoms with Crippen molar-refractivity contribution in [2.45, 2.75) is 58.2 Å². The maximum atomic E-state index is 12.3. The van der Waals surface area contributed by atoms with Gasteiger partial charge in [-0.2, -0.15) is 0 Å². The van der Waals surface area contributed by atoms with E-state index in [9.17, 15) is 14.7 Å². The van der Waals surface area contributed by atoms with Crippen molar-refractivity contribution < 1.29 is 24.2 Å². The first-order chi connectivity index (χ1) is 8.60. The molecule has 1 atom stereocenters. The monoisotopic (exact) mass is 273 g/mol. The topological polar surface area (TPSA) is 76.1 Å². The second-order valence-electron chi connectivity index (χ2n) is 6.08. The van der Waals surface area contributed by atoms with Crippen LogP contribution in [0, 0.1) is 0 Å². The van der Waals surface area contributed by atoms with Gasteiger partial charge in [-0.3, -0.25) is 4.90 Å². The van der Waals surface area contributed by atoms with Gasteiger partial charge in [0.15, 0.2) is 5.54 Å². The van der Waals surface area contributed by atoms with E-state index in [1.54, 1.807) is 34.6 Å². The van der Waals surface area contributed by atoms with Crippen molar-refractivity contribution in [2.75, 3.05) is 13.2 Å². The molecule has 1 aliphatic rings. The number of nitrogens with zero attached hydrogens (tertiary/aromatic N) is 1. The van der Waals surface area contributed by atoms with Crippen molar-refractivity contribution in [1.29, 1.82) is 0 Å². The second-order valence-corrected chi connectivity index (χ2v) is 6.08. The number of carboxylic acids is 1. The highest BCUT2D eigenvalue weighted by Crippen LogP contribution is 2.30. The Labute approximate surface area is 113 Å². The fourth-order valence-electron chi connectivity index (χ4n) is 2.21. The zero-order valence-electron chi connectivity index (χ0n) is 12.2. The molecule has 1 fully saturated rings. The predicted octanol–water partition coefficient (Wildman–Crippen LogP) is 1.88. The molecule has 0 aliphatic carbocycles. The molecular formula is C13H23NO5. The highest BCUT2D eigenvalue weighted by Gasteiger charge is 2.52. The van der Waals surface area contributed by atoms with Crippen LogP contribution < -0.4 is 0 Å². The first-order valence-corrected chi connectivity index (χ1v) is 6.43. The van der Waals surface area contributed by atoms with E-state index in [-0.39, 0.29) is 19.1 Å². The molecule has 1 saturated heterocycles. The van der Waals surface area contributed by atoms with Gasteiger partial charge in [0.05, 0.1) is 6.61 Å². The molecular weight excluding hydrogens is 250 g/mol. The van der Waals surface area contributed by atoms with Crippen molar-refractivity contribution in [3.63, 3.8) is 0 Å². The Hall–Kier alpha value is -1.30. The Bertz CT molecular complexity index is 353. The summed E-state index contributed by atoms with van der Waals surface area (Å²) in [7, 11) is 0. The van der Waals surface area contributed by atoms with Gasteiger partial charge < -0.3 is 14.6 Å². The van der Waals surface area contributed by atoms with Gasteiger partial charge >= 0.3 is 12.1 Å². The molecule has 0 saturated carbocycles. The Morgan fingerprint density at radius 3 is 2.26 bits per heavy atom. The lowest BCUT2D eigenvalue weighted by Gasteiger charge is -2.40. The zero-order chi connectivity index (χ0) is 14.8. The molecule has 110 valence electrons. The van der Waals surface area contributed by atoms with Crippen LogP contribution in [0.15, 0.2) is 0 Å². The summed E-state index contributed by atoms with van der Waals surface area (Å²) in [5.41, 5.74) is -1.99. The van der Waals surface area contributed by atoms with Crippen LogP contribution in [0.4, 0.5) is 4.79 Å². The summed E-state index contributed by atoms with van der Waals surface area (Å²) in [6, 6.07) is -0.285. The van der Waals surface area contributed by atoms with Crippen LogP contribution in [-0.2, 0) is 14.3 Å². The smallest absolute Gasteiger partial charge is 0.411 e. The number of carbonyl (C=O) groups is 2. The summed E-state index contributed by atoms with van der Waals surface area (Å²) in [6.45, 7) is 9.13. The van der Waals surface area contributed by atoms with Gasteiger partial charge in [-0.05, 0) is 34.6 Å². The van der Waals surface area contributed by atoms with E-state index in [0.717, 1.165) is 0 Å². The maximum absolute atomic E-state index is 12.3. The summed E-state index contributed by atoms with van der Waals surface area (Å²) in [5.74, 6) is -1.05. The van der Waals surface area contributed by atoms with E-state index >= 15 is 0 Å². The SMILES string of the molecule is CC(C)N(C(=O)OC(C)(C)C)C1(C(=O)O)CCOC1. The molecule has 0 aromatic heterocycles. The molecule has 6 heteroatoms. The molecule has 0 radical (unpaired) electrons. The maximum Gasteiger partial charge on any atom is 0.411 e. The van der Waals surface area contributed by atoms with Gasteiger partial charge in [0.2, 0.25) is 0 Å². The Morgan fingerprint density at radius 2 is 1.95 bits per heavy atom. The lowest BCUT2D eigenvalue weighted by molar-refractivity contribution is -0.152. The molecule has 19 heavy (non-hydrogen) atoms. The molecule has 6 nitrogen and oxygen atoms in total. The zero-order valence-corrected chi connectivity index (χ0v) is 12.2. The average Bonchev–Trinajstić information content (AvgIpc) is 2.64. The van der Waals surface area contributed by atoms with Crippen LogP contribution in [0.1, 0.15) is 41.0 Å². The van der Waals surface area contributed by atoms with Crippen molar-refractivity contribution in [3.8, 4) is 0 Å². The minimum Gasteiger partial charge on any atom is -0.479 e. The number of aliphatic carboxylic acids is 1. The number of ether oxygens (including phenoxy) is 2.